The fourth-order valence-corrected chi connectivity index (χ4v) is 2.97. The van der Waals surface area contributed by atoms with Crippen LogP contribution in [-0.2, 0) is 11.3 Å². The number of para-hydroxylation sites is 1. The minimum atomic E-state index is -0.415. The van der Waals surface area contributed by atoms with Crippen LogP contribution in [-0.4, -0.2) is 23.2 Å². The monoisotopic (exact) mass is 371 g/mol. The number of hydrogen-bond donors (Lipinski definition) is 0. The quantitative estimate of drug-likeness (QED) is 0.763. The lowest BCUT2D eigenvalue weighted by atomic mass is 10.1. The van der Waals surface area contributed by atoms with Gasteiger partial charge in [0.05, 0.1) is 5.69 Å². The first kappa shape index (κ1) is 15.7. The van der Waals surface area contributed by atoms with E-state index in [0.29, 0.717) is 6.54 Å². The van der Waals surface area contributed by atoms with Crippen LogP contribution in [0.5, 0.6) is 0 Å². The summed E-state index contributed by atoms with van der Waals surface area (Å²) in [6.07, 6.45) is 0.528. The molecule has 1 atom stereocenters. The predicted octanol–water partition coefficient (Wildman–Crippen LogP) is 3.94. The van der Waals surface area contributed by atoms with E-state index in [2.05, 4.69) is 40.1 Å². The average molecular weight is 372 g/mol. The van der Waals surface area contributed by atoms with Gasteiger partial charge < -0.3 is 4.90 Å². The van der Waals surface area contributed by atoms with Crippen molar-refractivity contribution in [2.75, 3.05) is 5.01 Å². The number of aldehydes is 1. The van der Waals surface area contributed by atoms with Crippen molar-refractivity contribution in [1.29, 1.82) is 0 Å². The van der Waals surface area contributed by atoms with Crippen molar-refractivity contribution >= 4 is 33.7 Å². The Bertz CT molecular complexity index is 745. The van der Waals surface area contributed by atoms with Crippen LogP contribution in [0.25, 0.3) is 0 Å². The van der Waals surface area contributed by atoms with Gasteiger partial charge in [0.1, 0.15) is 5.84 Å². The highest BCUT2D eigenvalue weighted by atomic mass is 79.9. The van der Waals surface area contributed by atoms with Gasteiger partial charge in [0.15, 0.2) is 12.5 Å². The molecule has 1 aliphatic heterocycles. The highest BCUT2D eigenvalue weighted by molar-refractivity contribution is 9.10. The van der Waals surface area contributed by atoms with Crippen LogP contribution in [0.4, 0.5) is 5.69 Å². The Morgan fingerprint density at radius 3 is 2.57 bits per heavy atom. The fourth-order valence-electron chi connectivity index (χ4n) is 2.73. The van der Waals surface area contributed by atoms with Gasteiger partial charge >= 0.3 is 0 Å². The number of amidine groups is 1. The standard InChI is InChI=1S/C18H18BrN3O/c1-13-10-15(8-9-17(13)19)11-21-14(2)20-22(18(21)12-23)16-6-4-3-5-7-16/h3-10,12,18H,11H2,1-2H3. The first-order chi connectivity index (χ1) is 11.1. The summed E-state index contributed by atoms with van der Waals surface area (Å²) < 4.78 is 1.09. The number of anilines is 1. The van der Waals surface area contributed by atoms with Crippen LogP contribution < -0.4 is 5.01 Å². The van der Waals surface area contributed by atoms with E-state index in [4.69, 9.17) is 0 Å². The number of aryl methyl sites for hydroxylation is 1. The Balaban J connectivity index is 1.86. The van der Waals surface area contributed by atoms with Crippen molar-refractivity contribution in [3.63, 3.8) is 0 Å². The molecular weight excluding hydrogens is 354 g/mol. The van der Waals surface area contributed by atoms with Gasteiger partial charge in [-0.15, -0.1) is 0 Å². The summed E-state index contributed by atoms with van der Waals surface area (Å²) in [4.78, 5) is 13.7. The van der Waals surface area contributed by atoms with Crippen LogP contribution in [0.1, 0.15) is 18.1 Å². The Kier molecular flexibility index (Phi) is 4.48. The number of rotatable bonds is 4. The Morgan fingerprint density at radius 1 is 1.17 bits per heavy atom. The van der Waals surface area contributed by atoms with Crippen molar-refractivity contribution in [3.05, 3.63) is 64.1 Å². The second-order valence-electron chi connectivity index (χ2n) is 5.59. The van der Waals surface area contributed by atoms with Crippen molar-refractivity contribution in [1.82, 2.24) is 4.90 Å². The summed E-state index contributed by atoms with van der Waals surface area (Å²) in [5.74, 6) is 0.839. The molecule has 2 aromatic carbocycles. The van der Waals surface area contributed by atoms with E-state index < -0.39 is 6.17 Å². The van der Waals surface area contributed by atoms with Crippen LogP contribution in [0.15, 0.2) is 58.1 Å². The van der Waals surface area contributed by atoms with E-state index in [1.54, 1.807) is 5.01 Å². The van der Waals surface area contributed by atoms with Gasteiger partial charge in [0.25, 0.3) is 0 Å². The van der Waals surface area contributed by atoms with E-state index >= 15 is 0 Å². The van der Waals surface area contributed by atoms with Crippen molar-refractivity contribution < 1.29 is 4.79 Å². The number of nitrogens with zero attached hydrogens (tertiary/aromatic N) is 3. The maximum absolute atomic E-state index is 11.7. The second kappa shape index (κ2) is 6.54. The highest BCUT2D eigenvalue weighted by Gasteiger charge is 2.32. The lowest BCUT2D eigenvalue weighted by molar-refractivity contribution is -0.111. The first-order valence-corrected chi connectivity index (χ1v) is 8.26. The number of benzene rings is 2. The minimum absolute atomic E-state index is 0.415. The largest absolute Gasteiger partial charge is 0.326 e. The maximum atomic E-state index is 11.7. The van der Waals surface area contributed by atoms with Crippen LogP contribution in [0.3, 0.4) is 0 Å². The molecule has 0 N–H and O–H groups in total. The summed E-state index contributed by atoms with van der Waals surface area (Å²) in [5.41, 5.74) is 3.25. The maximum Gasteiger partial charge on any atom is 0.181 e. The molecule has 0 radical (unpaired) electrons. The molecule has 5 heteroatoms. The third kappa shape index (κ3) is 3.15. The van der Waals surface area contributed by atoms with Gasteiger partial charge in [0.2, 0.25) is 0 Å². The summed E-state index contributed by atoms with van der Waals surface area (Å²) in [7, 11) is 0. The number of hydrogen-bond acceptors (Lipinski definition) is 4. The molecule has 0 bridgehead atoms. The second-order valence-corrected chi connectivity index (χ2v) is 6.44. The first-order valence-electron chi connectivity index (χ1n) is 7.46. The molecule has 0 amide bonds. The molecule has 0 saturated carbocycles. The summed E-state index contributed by atoms with van der Waals surface area (Å²) in [5, 5.41) is 6.34. The molecule has 118 valence electrons. The average Bonchev–Trinajstić information content (AvgIpc) is 2.88. The highest BCUT2D eigenvalue weighted by Crippen LogP contribution is 2.26. The van der Waals surface area contributed by atoms with Gasteiger partial charge in [-0.3, -0.25) is 4.79 Å². The molecule has 0 saturated heterocycles. The SMILES string of the molecule is CC1=NN(c2ccccc2)C(C=O)N1Cc1ccc(Br)c(C)c1. The van der Waals surface area contributed by atoms with E-state index in [9.17, 15) is 4.79 Å². The Morgan fingerprint density at radius 2 is 1.91 bits per heavy atom. The van der Waals surface area contributed by atoms with Crippen molar-refractivity contribution in [2.45, 2.75) is 26.6 Å². The van der Waals surface area contributed by atoms with Gasteiger partial charge in [-0.1, -0.05) is 46.3 Å². The molecule has 23 heavy (non-hydrogen) atoms. The Hall–Kier alpha value is -2.14. The summed E-state index contributed by atoms with van der Waals surface area (Å²) in [6.45, 7) is 4.65. The summed E-state index contributed by atoms with van der Waals surface area (Å²) in [6, 6.07) is 16.0. The van der Waals surface area contributed by atoms with Gasteiger partial charge in [-0.25, -0.2) is 5.01 Å². The molecule has 0 spiro atoms. The molecule has 0 fully saturated rings. The Labute approximate surface area is 144 Å². The van der Waals surface area contributed by atoms with E-state index in [-0.39, 0.29) is 0 Å². The number of hydrazone groups is 1. The van der Waals surface area contributed by atoms with Crippen LogP contribution in [0.2, 0.25) is 0 Å². The minimum Gasteiger partial charge on any atom is -0.326 e. The summed E-state index contributed by atoms with van der Waals surface area (Å²) >= 11 is 3.52. The topological polar surface area (TPSA) is 35.9 Å². The zero-order chi connectivity index (χ0) is 16.4. The molecule has 2 aromatic rings. The lowest BCUT2D eigenvalue weighted by Crippen LogP contribution is -2.42. The van der Waals surface area contributed by atoms with E-state index in [0.717, 1.165) is 27.8 Å². The van der Waals surface area contributed by atoms with Gasteiger partial charge in [-0.2, -0.15) is 5.10 Å². The number of halogens is 1. The van der Waals surface area contributed by atoms with Crippen molar-refractivity contribution in [2.24, 2.45) is 5.10 Å². The molecule has 1 aliphatic rings. The third-order valence-electron chi connectivity index (χ3n) is 3.96. The van der Waals surface area contributed by atoms with Crippen molar-refractivity contribution in [3.8, 4) is 0 Å². The molecule has 1 unspecified atom stereocenters. The molecule has 1 heterocycles. The third-order valence-corrected chi connectivity index (χ3v) is 4.85. The molecule has 0 aliphatic carbocycles. The van der Waals surface area contributed by atoms with E-state index in [1.807, 2.05) is 48.2 Å². The van der Waals surface area contributed by atoms with E-state index in [1.165, 1.54) is 5.56 Å². The molecule has 3 rings (SSSR count). The zero-order valence-electron chi connectivity index (χ0n) is 13.1. The molecule has 0 aromatic heterocycles. The smallest absolute Gasteiger partial charge is 0.181 e. The predicted molar refractivity (Wildman–Crippen MR) is 96.3 cm³/mol. The zero-order valence-corrected chi connectivity index (χ0v) is 14.7. The lowest BCUT2D eigenvalue weighted by Gasteiger charge is -2.27. The molecular formula is C18H18BrN3O. The fraction of sp³-hybridized carbons (Fsp3) is 0.222. The van der Waals surface area contributed by atoms with Crippen LogP contribution >= 0.6 is 15.9 Å². The van der Waals surface area contributed by atoms with Gasteiger partial charge in [0, 0.05) is 11.0 Å². The normalized spacial score (nSPS) is 17.3. The number of carbonyl (C=O) groups excluding carboxylic acids is 1. The number of carbonyl (C=O) groups is 1. The van der Waals surface area contributed by atoms with Gasteiger partial charge in [-0.05, 0) is 43.2 Å². The van der Waals surface area contributed by atoms with Crippen LogP contribution in [0, 0.1) is 6.92 Å². The molecule has 4 nitrogen and oxygen atoms in total.